The van der Waals surface area contributed by atoms with E-state index < -0.39 is 42.2 Å². The summed E-state index contributed by atoms with van der Waals surface area (Å²) in [6.07, 6.45) is 0.194. The number of fused-ring (bicyclic) bond motifs is 1. The number of Topliss-reactive ketones (excluding diaryl/α,β-unsaturated/α-hetero) is 1. The predicted octanol–water partition coefficient (Wildman–Crippen LogP) is 4.65. The van der Waals surface area contributed by atoms with Crippen LogP contribution in [0, 0.1) is 12.8 Å². The Morgan fingerprint density at radius 1 is 0.789 bits per heavy atom. The van der Waals surface area contributed by atoms with E-state index in [1.54, 1.807) is 48.5 Å². The zero-order chi connectivity index (χ0) is 27.4. The number of rotatable bonds is 9. The van der Waals surface area contributed by atoms with Crippen LogP contribution in [0.3, 0.4) is 0 Å². The second-order valence-corrected chi connectivity index (χ2v) is 9.48. The Labute approximate surface area is 220 Å². The molecule has 0 saturated heterocycles. The minimum Gasteiger partial charge on any atom is -0.456 e. The number of imide groups is 1. The van der Waals surface area contributed by atoms with Gasteiger partial charge in [-0.25, -0.2) is 9.59 Å². The van der Waals surface area contributed by atoms with E-state index in [0.717, 1.165) is 10.5 Å². The van der Waals surface area contributed by atoms with Crippen molar-refractivity contribution in [3.63, 3.8) is 0 Å². The molecule has 0 radical (unpaired) electrons. The standard InChI is InChI=1S/C30H27NO7/c1-18(2)16-25(31-27(33)23-6-4-5-7-24(23)28(31)34)30(36)37-17-26(32)20-12-14-22(15-13-20)38-29(35)21-10-8-19(3)9-11-21/h4-15,18,25H,16-17H2,1-3H3. The van der Waals surface area contributed by atoms with Gasteiger partial charge in [-0.3, -0.25) is 19.3 Å². The van der Waals surface area contributed by atoms with Gasteiger partial charge < -0.3 is 9.47 Å². The zero-order valence-electron chi connectivity index (χ0n) is 21.3. The van der Waals surface area contributed by atoms with Crippen molar-refractivity contribution < 1.29 is 33.4 Å². The molecule has 1 atom stereocenters. The van der Waals surface area contributed by atoms with Gasteiger partial charge in [0.2, 0.25) is 0 Å². The lowest BCUT2D eigenvalue weighted by Crippen LogP contribution is -2.46. The van der Waals surface area contributed by atoms with Gasteiger partial charge in [0.1, 0.15) is 11.8 Å². The molecule has 1 aliphatic heterocycles. The molecule has 1 heterocycles. The fourth-order valence-corrected chi connectivity index (χ4v) is 4.13. The minimum atomic E-state index is -1.15. The van der Waals surface area contributed by atoms with Crippen molar-refractivity contribution in [3.8, 4) is 5.75 Å². The van der Waals surface area contributed by atoms with Crippen molar-refractivity contribution >= 4 is 29.5 Å². The number of ketones is 1. The Kier molecular flexibility index (Phi) is 7.81. The second kappa shape index (κ2) is 11.2. The van der Waals surface area contributed by atoms with Crippen molar-refractivity contribution in [2.24, 2.45) is 5.92 Å². The van der Waals surface area contributed by atoms with Gasteiger partial charge >= 0.3 is 11.9 Å². The van der Waals surface area contributed by atoms with Crippen LogP contribution in [0.15, 0.2) is 72.8 Å². The molecular weight excluding hydrogens is 486 g/mol. The molecule has 0 fully saturated rings. The molecule has 4 rings (SSSR count). The van der Waals surface area contributed by atoms with Crippen LogP contribution in [0.1, 0.15) is 67.3 Å². The third kappa shape index (κ3) is 5.70. The number of esters is 2. The number of hydrogen-bond donors (Lipinski definition) is 0. The fraction of sp³-hybridized carbons (Fsp3) is 0.233. The summed E-state index contributed by atoms with van der Waals surface area (Å²) in [6.45, 7) is 5.06. The van der Waals surface area contributed by atoms with Crippen molar-refractivity contribution in [1.29, 1.82) is 0 Å². The Bertz CT molecular complexity index is 1360. The van der Waals surface area contributed by atoms with Crippen LogP contribution < -0.4 is 4.74 Å². The molecule has 0 bridgehead atoms. The maximum atomic E-state index is 13.0. The normalized spacial score (nSPS) is 13.3. The van der Waals surface area contributed by atoms with E-state index in [0.29, 0.717) is 5.56 Å². The molecule has 38 heavy (non-hydrogen) atoms. The average Bonchev–Trinajstić information content (AvgIpc) is 3.16. The summed E-state index contributed by atoms with van der Waals surface area (Å²) < 4.78 is 10.6. The molecule has 194 valence electrons. The van der Waals surface area contributed by atoms with Crippen LogP contribution in [0.4, 0.5) is 0 Å². The van der Waals surface area contributed by atoms with Crippen molar-refractivity contribution in [2.45, 2.75) is 33.2 Å². The predicted molar refractivity (Wildman–Crippen MR) is 138 cm³/mol. The molecule has 0 aromatic heterocycles. The zero-order valence-corrected chi connectivity index (χ0v) is 21.3. The number of aryl methyl sites for hydroxylation is 1. The number of ether oxygens (including phenoxy) is 2. The van der Waals surface area contributed by atoms with Crippen molar-refractivity contribution in [2.75, 3.05) is 6.61 Å². The van der Waals surface area contributed by atoms with Gasteiger partial charge in [-0.15, -0.1) is 0 Å². The van der Waals surface area contributed by atoms with Gasteiger partial charge in [0.05, 0.1) is 16.7 Å². The highest BCUT2D eigenvalue weighted by molar-refractivity contribution is 6.22. The number of nitrogens with zero attached hydrogens (tertiary/aromatic N) is 1. The van der Waals surface area contributed by atoms with Crippen LogP contribution in [0.25, 0.3) is 0 Å². The van der Waals surface area contributed by atoms with Crippen LogP contribution >= 0.6 is 0 Å². The van der Waals surface area contributed by atoms with Crippen molar-refractivity contribution in [1.82, 2.24) is 4.90 Å². The summed E-state index contributed by atoms with van der Waals surface area (Å²) >= 11 is 0. The monoisotopic (exact) mass is 513 g/mol. The molecule has 0 aliphatic carbocycles. The van der Waals surface area contributed by atoms with E-state index in [4.69, 9.17) is 9.47 Å². The van der Waals surface area contributed by atoms with Crippen LogP contribution in [-0.4, -0.2) is 47.1 Å². The number of amides is 2. The van der Waals surface area contributed by atoms with E-state index in [9.17, 15) is 24.0 Å². The lowest BCUT2D eigenvalue weighted by molar-refractivity contribution is -0.147. The molecular formula is C30H27NO7. The second-order valence-electron chi connectivity index (χ2n) is 9.48. The molecule has 0 spiro atoms. The quantitative estimate of drug-likeness (QED) is 0.177. The summed E-state index contributed by atoms with van der Waals surface area (Å²) in [7, 11) is 0. The van der Waals surface area contributed by atoms with Crippen LogP contribution in [-0.2, 0) is 9.53 Å². The lowest BCUT2D eigenvalue weighted by Gasteiger charge is -2.25. The third-order valence-corrected chi connectivity index (χ3v) is 6.12. The highest BCUT2D eigenvalue weighted by Gasteiger charge is 2.43. The molecule has 0 saturated carbocycles. The molecule has 3 aromatic rings. The lowest BCUT2D eigenvalue weighted by atomic mass is 10.0. The van der Waals surface area contributed by atoms with Gasteiger partial charge in [0, 0.05) is 5.56 Å². The maximum absolute atomic E-state index is 13.0. The highest BCUT2D eigenvalue weighted by atomic mass is 16.5. The Morgan fingerprint density at radius 2 is 1.34 bits per heavy atom. The number of carbonyl (C=O) groups excluding carboxylic acids is 5. The number of hydrogen-bond acceptors (Lipinski definition) is 7. The summed E-state index contributed by atoms with van der Waals surface area (Å²) in [5, 5.41) is 0. The SMILES string of the molecule is Cc1ccc(C(=O)Oc2ccc(C(=O)COC(=O)C(CC(C)C)N3C(=O)c4ccccc4C3=O)cc2)cc1. The average molecular weight is 514 g/mol. The largest absolute Gasteiger partial charge is 0.456 e. The van der Waals surface area contributed by atoms with Gasteiger partial charge in [-0.05, 0) is 67.8 Å². The van der Waals surface area contributed by atoms with E-state index in [2.05, 4.69) is 0 Å². The molecule has 3 aromatic carbocycles. The smallest absolute Gasteiger partial charge is 0.343 e. The maximum Gasteiger partial charge on any atom is 0.343 e. The summed E-state index contributed by atoms with van der Waals surface area (Å²) in [6, 6.07) is 18.0. The first kappa shape index (κ1) is 26.5. The molecule has 1 unspecified atom stereocenters. The summed E-state index contributed by atoms with van der Waals surface area (Å²) in [4.78, 5) is 64.7. The van der Waals surface area contributed by atoms with E-state index in [-0.39, 0.29) is 34.8 Å². The molecule has 2 amide bonds. The van der Waals surface area contributed by atoms with Gasteiger partial charge in [0.15, 0.2) is 12.4 Å². The van der Waals surface area contributed by atoms with Crippen molar-refractivity contribution in [3.05, 3.63) is 101 Å². The van der Waals surface area contributed by atoms with Crippen LogP contribution in [0.5, 0.6) is 5.75 Å². The fourth-order valence-electron chi connectivity index (χ4n) is 4.13. The van der Waals surface area contributed by atoms with Gasteiger partial charge in [-0.1, -0.05) is 43.7 Å². The van der Waals surface area contributed by atoms with E-state index in [1.165, 1.54) is 24.3 Å². The first-order valence-corrected chi connectivity index (χ1v) is 12.2. The van der Waals surface area contributed by atoms with Crippen LogP contribution in [0.2, 0.25) is 0 Å². The minimum absolute atomic E-state index is 0.0253. The number of carbonyl (C=O) groups is 5. The third-order valence-electron chi connectivity index (χ3n) is 6.12. The molecule has 0 N–H and O–H groups in total. The summed E-state index contributed by atoms with van der Waals surface area (Å²) in [5.41, 5.74) is 2.13. The Hall–Kier alpha value is -4.59. The first-order valence-electron chi connectivity index (χ1n) is 12.2. The molecule has 8 nitrogen and oxygen atoms in total. The Balaban J connectivity index is 1.39. The van der Waals surface area contributed by atoms with E-state index in [1.807, 2.05) is 20.8 Å². The molecule has 8 heteroatoms. The number of benzene rings is 3. The highest BCUT2D eigenvalue weighted by Crippen LogP contribution is 2.27. The van der Waals surface area contributed by atoms with Gasteiger partial charge in [0.25, 0.3) is 11.8 Å². The Morgan fingerprint density at radius 3 is 1.89 bits per heavy atom. The first-order chi connectivity index (χ1) is 18.2. The summed E-state index contributed by atoms with van der Waals surface area (Å²) in [5.74, 6) is -2.73. The van der Waals surface area contributed by atoms with Gasteiger partial charge in [-0.2, -0.15) is 0 Å². The van der Waals surface area contributed by atoms with E-state index >= 15 is 0 Å². The molecule has 1 aliphatic rings. The topological polar surface area (TPSA) is 107 Å².